The first-order valence-corrected chi connectivity index (χ1v) is 13.4. The molecule has 0 amide bonds. The van der Waals surface area contributed by atoms with Crippen molar-refractivity contribution in [3.63, 3.8) is 0 Å². The number of fused-ring (bicyclic) bond motifs is 1. The fraction of sp³-hybridized carbons (Fsp3) is 0.355. The summed E-state index contributed by atoms with van der Waals surface area (Å²) in [5.74, 6) is 0. The summed E-state index contributed by atoms with van der Waals surface area (Å²) in [6.45, 7) is 4.58. The van der Waals surface area contributed by atoms with Crippen LogP contribution in [-0.2, 0) is 6.42 Å². The monoisotopic (exact) mass is 494 g/mol. The Morgan fingerprint density at radius 2 is 1.68 bits per heavy atom. The second kappa shape index (κ2) is 10.7. The Morgan fingerprint density at radius 3 is 2.51 bits per heavy atom. The van der Waals surface area contributed by atoms with Crippen LogP contribution in [0.4, 0.5) is 22.7 Å². The molecule has 0 spiro atoms. The summed E-state index contributed by atoms with van der Waals surface area (Å²) in [6, 6.07) is 21.2. The number of azo groups is 1. The van der Waals surface area contributed by atoms with Crippen LogP contribution in [-0.4, -0.2) is 10.5 Å². The molecule has 0 fully saturated rings. The third-order valence-corrected chi connectivity index (χ3v) is 7.54. The standard InChI is InChI=1S/C31H34N4O2/c1-3-4-5-6-7-10-20-31(2)21-23-16-18-26(25-14-11-15-27(32-31)29(23)25)33-34-30-24-13-9-8-12-22(24)17-19-28(30)35(36)37/h8-9,11-19,32H,3-7,10,20-21H2,1-2H3. The number of hydrogen-bond donors (Lipinski definition) is 1. The van der Waals surface area contributed by atoms with Crippen molar-refractivity contribution < 1.29 is 4.92 Å². The quantitative estimate of drug-likeness (QED) is 0.103. The molecule has 1 heterocycles. The van der Waals surface area contributed by atoms with Gasteiger partial charge in [0.15, 0.2) is 5.69 Å². The lowest BCUT2D eigenvalue weighted by molar-refractivity contribution is -0.384. The first-order valence-electron chi connectivity index (χ1n) is 13.4. The molecule has 0 bridgehead atoms. The van der Waals surface area contributed by atoms with Crippen molar-refractivity contribution >= 4 is 44.3 Å². The van der Waals surface area contributed by atoms with Crippen LogP contribution in [0, 0.1) is 10.1 Å². The van der Waals surface area contributed by atoms with E-state index in [1.807, 2.05) is 36.4 Å². The number of benzene rings is 4. The average molecular weight is 495 g/mol. The molecule has 0 aliphatic carbocycles. The lowest BCUT2D eigenvalue weighted by atomic mass is 9.81. The van der Waals surface area contributed by atoms with Crippen LogP contribution >= 0.6 is 0 Å². The number of anilines is 1. The SMILES string of the molecule is CCCCCCCCC1(C)Cc2ccc(N=Nc3c([N+](=O)[O-])ccc4ccccc34)c3cccc(c23)N1. The molecule has 190 valence electrons. The molecule has 0 saturated carbocycles. The minimum Gasteiger partial charge on any atom is -0.379 e. The van der Waals surface area contributed by atoms with Crippen LogP contribution in [0.5, 0.6) is 0 Å². The highest BCUT2D eigenvalue weighted by Gasteiger charge is 2.30. The molecule has 6 heteroatoms. The maximum Gasteiger partial charge on any atom is 0.297 e. The largest absolute Gasteiger partial charge is 0.379 e. The van der Waals surface area contributed by atoms with Gasteiger partial charge >= 0.3 is 0 Å². The third kappa shape index (κ3) is 5.19. The highest BCUT2D eigenvalue weighted by atomic mass is 16.6. The summed E-state index contributed by atoms with van der Waals surface area (Å²) in [6.07, 6.45) is 9.88. The van der Waals surface area contributed by atoms with Crippen molar-refractivity contribution in [2.75, 3.05) is 5.32 Å². The Labute approximate surface area is 218 Å². The molecule has 5 rings (SSSR count). The maximum absolute atomic E-state index is 11.7. The normalized spacial score (nSPS) is 16.9. The molecule has 0 saturated heterocycles. The van der Waals surface area contributed by atoms with E-state index in [0.29, 0.717) is 5.69 Å². The summed E-state index contributed by atoms with van der Waals surface area (Å²) in [7, 11) is 0. The highest BCUT2D eigenvalue weighted by molar-refractivity contribution is 6.04. The fourth-order valence-electron chi connectivity index (χ4n) is 5.64. The van der Waals surface area contributed by atoms with Crippen molar-refractivity contribution in [2.45, 2.75) is 70.8 Å². The number of nitro benzene ring substituents is 1. The summed E-state index contributed by atoms with van der Waals surface area (Å²) >= 11 is 0. The van der Waals surface area contributed by atoms with E-state index in [2.05, 4.69) is 47.6 Å². The van der Waals surface area contributed by atoms with Gasteiger partial charge in [-0.1, -0.05) is 87.9 Å². The number of nitrogens with zero attached hydrogens (tertiary/aromatic N) is 3. The van der Waals surface area contributed by atoms with Gasteiger partial charge in [-0.3, -0.25) is 10.1 Å². The Bertz CT molecular complexity index is 1470. The predicted octanol–water partition coefficient (Wildman–Crippen LogP) is 9.79. The van der Waals surface area contributed by atoms with E-state index < -0.39 is 4.92 Å². The number of unbranched alkanes of at least 4 members (excludes halogenated alkanes) is 5. The Kier molecular flexibility index (Phi) is 7.17. The van der Waals surface area contributed by atoms with E-state index in [4.69, 9.17) is 0 Å². The smallest absolute Gasteiger partial charge is 0.297 e. The van der Waals surface area contributed by atoms with Crippen LogP contribution < -0.4 is 5.32 Å². The molecule has 0 radical (unpaired) electrons. The Balaban J connectivity index is 1.44. The van der Waals surface area contributed by atoms with Crippen molar-refractivity contribution in [3.8, 4) is 0 Å². The van der Waals surface area contributed by atoms with Crippen LogP contribution in [0.1, 0.15) is 64.4 Å². The second-order valence-electron chi connectivity index (χ2n) is 10.5. The molecule has 1 aliphatic heterocycles. The van der Waals surface area contributed by atoms with E-state index in [1.54, 1.807) is 6.07 Å². The molecule has 4 aromatic carbocycles. The maximum atomic E-state index is 11.7. The Hall–Kier alpha value is -3.80. The van der Waals surface area contributed by atoms with Crippen LogP contribution in [0.15, 0.2) is 77.0 Å². The zero-order valence-electron chi connectivity index (χ0n) is 21.7. The van der Waals surface area contributed by atoms with Crippen molar-refractivity contribution in [3.05, 3.63) is 82.4 Å². The zero-order chi connectivity index (χ0) is 25.8. The topological polar surface area (TPSA) is 79.9 Å². The Morgan fingerprint density at radius 1 is 0.892 bits per heavy atom. The number of nitro groups is 1. The predicted molar refractivity (Wildman–Crippen MR) is 152 cm³/mol. The van der Waals surface area contributed by atoms with Crippen molar-refractivity contribution in [1.29, 1.82) is 0 Å². The number of nitrogens with one attached hydrogen (secondary N) is 1. The molecular formula is C31H34N4O2. The lowest BCUT2D eigenvalue weighted by Gasteiger charge is -2.37. The molecule has 1 aliphatic rings. The molecule has 4 aromatic rings. The minimum absolute atomic E-state index is 0.0264. The summed E-state index contributed by atoms with van der Waals surface area (Å²) in [5.41, 5.74) is 3.42. The zero-order valence-corrected chi connectivity index (χ0v) is 21.7. The van der Waals surface area contributed by atoms with Gasteiger partial charge in [-0.15, -0.1) is 10.2 Å². The number of rotatable bonds is 10. The lowest BCUT2D eigenvalue weighted by Crippen LogP contribution is -2.39. The summed E-state index contributed by atoms with van der Waals surface area (Å²) < 4.78 is 0. The van der Waals surface area contributed by atoms with Gasteiger partial charge in [-0.05, 0) is 48.9 Å². The van der Waals surface area contributed by atoms with E-state index >= 15 is 0 Å². The second-order valence-corrected chi connectivity index (χ2v) is 10.5. The highest BCUT2D eigenvalue weighted by Crippen LogP contribution is 2.43. The molecule has 1 atom stereocenters. The third-order valence-electron chi connectivity index (χ3n) is 7.54. The van der Waals surface area contributed by atoms with Gasteiger partial charge in [0.25, 0.3) is 5.69 Å². The minimum atomic E-state index is -0.396. The van der Waals surface area contributed by atoms with Gasteiger partial charge in [0.2, 0.25) is 0 Å². The van der Waals surface area contributed by atoms with Crippen molar-refractivity contribution in [1.82, 2.24) is 0 Å². The molecular weight excluding hydrogens is 460 g/mol. The van der Waals surface area contributed by atoms with Gasteiger partial charge in [-0.25, -0.2) is 0 Å². The fourth-order valence-corrected chi connectivity index (χ4v) is 5.64. The van der Waals surface area contributed by atoms with Gasteiger partial charge in [0, 0.05) is 33.5 Å². The first kappa shape index (κ1) is 24.9. The van der Waals surface area contributed by atoms with E-state index in [-0.39, 0.29) is 16.9 Å². The van der Waals surface area contributed by atoms with E-state index in [0.717, 1.165) is 34.7 Å². The molecule has 37 heavy (non-hydrogen) atoms. The van der Waals surface area contributed by atoms with Crippen LogP contribution in [0.2, 0.25) is 0 Å². The van der Waals surface area contributed by atoms with Gasteiger partial charge in [0.1, 0.15) is 0 Å². The molecule has 0 aromatic heterocycles. The first-order chi connectivity index (χ1) is 18.0. The van der Waals surface area contributed by atoms with Gasteiger partial charge < -0.3 is 5.32 Å². The molecule has 1 N–H and O–H groups in total. The van der Waals surface area contributed by atoms with Crippen LogP contribution in [0.3, 0.4) is 0 Å². The summed E-state index contributed by atoms with van der Waals surface area (Å²) in [5, 5.41) is 28.3. The van der Waals surface area contributed by atoms with Gasteiger partial charge in [-0.2, -0.15) is 0 Å². The summed E-state index contributed by atoms with van der Waals surface area (Å²) in [4.78, 5) is 11.3. The van der Waals surface area contributed by atoms with Gasteiger partial charge in [0.05, 0.1) is 10.6 Å². The van der Waals surface area contributed by atoms with E-state index in [9.17, 15) is 10.1 Å². The number of hydrogen-bond acceptors (Lipinski definition) is 5. The molecule has 6 nitrogen and oxygen atoms in total. The van der Waals surface area contributed by atoms with E-state index in [1.165, 1.54) is 55.5 Å². The van der Waals surface area contributed by atoms with Crippen molar-refractivity contribution in [2.24, 2.45) is 10.2 Å². The average Bonchev–Trinajstić information content (AvgIpc) is 2.90. The van der Waals surface area contributed by atoms with Crippen LogP contribution in [0.25, 0.3) is 21.5 Å². The molecule has 1 unspecified atom stereocenters.